The molecular formula is C16H27N3O3S. The third-order valence-corrected chi connectivity index (χ3v) is 4.78. The molecule has 0 aliphatic rings. The van der Waals surface area contributed by atoms with Crippen LogP contribution in [0.3, 0.4) is 0 Å². The number of unbranched alkanes of at least 4 members (excludes halogenated alkanes) is 1. The second kappa shape index (κ2) is 8.42. The van der Waals surface area contributed by atoms with Crippen LogP contribution in [0.2, 0.25) is 0 Å². The molecule has 3 N–H and O–H groups in total. The summed E-state index contributed by atoms with van der Waals surface area (Å²) in [7, 11) is -3.80. The van der Waals surface area contributed by atoms with Gasteiger partial charge in [0.15, 0.2) is 0 Å². The number of sulfonamides is 1. The molecule has 1 aromatic carbocycles. The Morgan fingerprint density at radius 2 is 1.91 bits per heavy atom. The number of anilines is 1. The third kappa shape index (κ3) is 5.93. The molecule has 0 aromatic heterocycles. The molecule has 0 heterocycles. The van der Waals surface area contributed by atoms with Crippen molar-refractivity contribution in [2.45, 2.75) is 45.4 Å². The maximum Gasteiger partial charge on any atom is 0.238 e. The Hall–Kier alpha value is -1.44. The van der Waals surface area contributed by atoms with Gasteiger partial charge >= 0.3 is 0 Å². The Morgan fingerprint density at radius 1 is 1.26 bits per heavy atom. The lowest BCUT2D eigenvalue weighted by Crippen LogP contribution is -2.34. The van der Waals surface area contributed by atoms with Crippen LogP contribution in [0.1, 0.15) is 37.8 Å². The third-order valence-electron chi connectivity index (χ3n) is 3.89. The van der Waals surface area contributed by atoms with Gasteiger partial charge in [0, 0.05) is 5.69 Å². The van der Waals surface area contributed by atoms with Crippen LogP contribution in [0.25, 0.3) is 0 Å². The molecule has 7 heteroatoms. The van der Waals surface area contributed by atoms with E-state index in [1.807, 2.05) is 13.8 Å². The van der Waals surface area contributed by atoms with Crippen molar-refractivity contribution < 1.29 is 13.2 Å². The average Bonchev–Trinajstić information content (AvgIpc) is 2.46. The molecule has 0 atom stereocenters. The van der Waals surface area contributed by atoms with Crippen molar-refractivity contribution in [1.82, 2.24) is 4.90 Å². The van der Waals surface area contributed by atoms with E-state index < -0.39 is 10.0 Å². The minimum Gasteiger partial charge on any atom is -0.325 e. The van der Waals surface area contributed by atoms with Gasteiger partial charge < -0.3 is 5.32 Å². The van der Waals surface area contributed by atoms with E-state index >= 15 is 0 Å². The molecule has 0 bridgehead atoms. The lowest BCUT2D eigenvalue weighted by molar-refractivity contribution is -0.117. The lowest BCUT2D eigenvalue weighted by atomic mass is 10.1. The van der Waals surface area contributed by atoms with Crippen LogP contribution in [0.15, 0.2) is 17.0 Å². The molecule has 6 nitrogen and oxygen atoms in total. The van der Waals surface area contributed by atoms with Gasteiger partial charge in [-0.15, -0.1) is 0 Å². The Bertz CT molecular complexity index is 657. The molecule has 1 amide bonds. The van der Waals surface area contributed by atoms with Gasteiger partial charge in [-0.3, -0.25) is 9.69 Å². The SMILES string of the molecule is CCCCN(CC)CC(=O)Nc1cc(S(N)(=O)=O)cc(C)c1C. The van der Waals surface area contributed by atoms with Crippen LogP contribution >= 0.6 is 0 Å². The van der Waals surface area contributed by atoms with Crippen molar-refractivity contribution >= 4 is 21.6 Å². The average molecular weight is 341 g/mol. The number of carbonyl (C=O) groups is 1. The van der Waals surface area contributed by atoms with Crippen molar-refractivity contribution in [3.63, 3.8) is 0 Å². The van der Waals surface area contributed by atoms with Crippen LogP contribution in [-0.2, 0) is 14.8 Å². The van der Waals surface area contributed by atoms with Gasteiger partial charge in [-0.1, -0.05) is 20.3 Å². The topological polar surface area (TPSA) is 92.5 Å². The molecule has 0 saturated heterocycles. The first-order valence-electron chi connectivity index (χ1n) is 7.85. The van der Waals surface area contributed by atoms with E-state index in [9.17, 15) is 13.2 Å². The van der Waals surface area contributed by atoms with E-state index in [2.05, 4.69) is 17.1 Å². The molecule has 1 aromatic rings. The van der Waals surface area contributed by atoms with Crippen LogP contribution in [-0.4, -0.2) is 38.9 Å². The summed E-state index contributed by atoms with van der Waals surface area (Å²) in [4.78, 5) is 14.3. The van der Waals surface area contributed by atoms with Crippen molar-refractivity contribution in [3.05, 3.63) is 23.3 Å². The smallest absolute Gasteiger partial charge is 0.238 e. The molecule has 23 heavy (non-hydrogen) atoms. The molecule has 0 unspecified atom stereocenters. The minimum atomic E-state index is -3.80. The first kappa shape index (κ1) is 19.6. The number of hydrogen-bond donors (Lipinski definition) is 2. The highest BCUT2D eigenvalue weighted by Gasteiger charge is 2.15. The largest absolute Gasteiger partial charge is 0.325 e. The predicted octanol–water partition coefficient (Wildman–Crippen LogP) is 2.01. The Kier molecular flexibility index (Phi) is 7.18. The van der Waals surface area contributed by atoms with Crippen LogP contribution in [0, 0.1) is 13.8 Å². The maximum absolute atomic E-state index is 12.2. The monoisotopic (exact) mass is 341 g/mol. The second-order valence-electron chi connectivity index (χ2n) is 5.73. The summed E-state index contributed by atoms with van der Waals surface area (Å²) in [6.45, 7) is 9.71. The van der Waals surface area contributed by atoms with Crippen LogP contribution in [0.5, 0.6) is 0 Å². The van der Waals surface area contributed by atoms with Gasteiger partial charge in [-0.05, 0) is 56.6 Å². The number of nitrogens with zero attached hydrogens (tertiary/aromatic N) is 1. The van der Waals surface area contributed by atoms with Crippen molar-refractivity contribution in [1.29, 1.82) is 0 Å². The number of carbonyl (C=O) groups excluding carboxylic acids is 1. The quantitative estimate of drug-likeness (QED) is 0.756. The number of aryl methyl sites for hydroxylation is 1. The summed E-state index contributed by atoms with van der Waals surface area (Å²) in [6.07, 6.45) is 2.12. The summed E-state index contributed by atoms with van der Waals surface area (Å²) >= 11 is 0. The summed E-state index contributed by atoms with van der Waals surface area (Å²) in [5, 5.41) is 7.99. The molecule has 0 aliphatic carbocycles. The fraction of sp³-hybridized carbons (Fsp3) is 0.562. The van der Waals surface area contributed by atoms with Gasteiger partial charge in [0.1, 0.15) is 0 Å². The highest BCUT2D eigenvalue weighted by atomic mass is 32.2. The molecule has 130 valence electrons. The van der Waals surface area contributed by atoms with Gasteiger partial charge in [-0.25, -0.2) is 13.6 Å². The first-order valence-corrected chi connectivity index (χ1v) is 9.39. The Morgan fingerprint density at radius 3 is 2.43 bits per heavy atom. The summed E-state index contributed by atoms with van der Waals surface area (Å²) in [6, 6.07) is 2.93. The van der Waals surface area contributed by atoms with Crippen molar-refractivity contribution in [2.24, 2.45) is 5.14 Å². The van der Waals surface area contributed by atoms with E-state index in [0.29, 0.717) is 5.69 Å². The normalized spacial score (nSPS) is 11.7. The summed E-state index contributed by atoms with van der Waals surface area (Å²) in [5.74, 6) is -0.156. The number of primary sulfonamides is 1. The standard InChI is InChI=1S/C16H27N3O3S/c1-5-7-8-19(6-2)11-16(20)18-15-10-14(23(17,21)22)9-12(3)13(15)4/h9-10H,5-8,11H2,1-4H3,(H,18,20)(H2,17,21,22). The van der Waals surface area contributed by atoms with Crippen LogP contribution < -0.4 is 10.5 Å². The summed E-state index contributed by atoms with van der Waals surface area (Å²) in [5.41, 5.74) is 2.10. The molecule has 0 saturated carbocycles. The molecule has 1 rings (SSSR count). The van der Waals surface area contributed by atoms with Crippen molar-refractivity contribution in [2.75, 3.05) is 25.0 Å². The Balaban J connectivity index is 2.91. The fourth-order valence-electron chi connectivity index (χ4n) is 2.24. The van der Waals surface area contributed by atoms with Crippen LogP contribution in [0.4, 0.5) is 5.69 Å². The van der Waals surface area contributed by atoms with E-state index in [1.165, 1.54) is 12.1 Å². The van der Waals surface area contributed by atoms with E-state index in [0.717, 1.165) is 37.1 Å². The maximum atomic E-state index is 12.2. The zero-order chi connectivity index (χ0) is 17.6. The fourth-order valence-corrected chi connectivity index (χ4v) is 2.87. The first-order chi connectivity index (χ1) is 10.7. The van der Waals surface area contributed by atoms with E-state index in [1.54, 1.807) is 6.92 Å². The molecule has 0 radical (unpaired) electrons. The van der Waals surface area contributed by atoms with Gasteiger partial charge in [-0.2, -0.15) is 0 Å². The predicted molar refractivity (Wildman–Crippen MR) is 92.9 cm³/mol. The van der Waals surface area contributed by atoms with Gasteiger partial charge in [0.25, 0.3) is 0 Å². The number of hydrogen-bond acceptors (Lipinski definition) is 4. The number of amides is 1. The second-order valence-corrected chi connectivity index (χ2v) is 7.29. The molecule has 0 aliphatic heterocycles. The van der Waals surface area contributed by atoms with E-state index in [4.69, 9.17) is 5.14 Å². The number of likely N-dealkylation sites (N-methyl/N-ethyl adjacent to an activating group) is 1. The molecular weight excluding hydrogens is 314 g/mol. The molecule has 0 spiro atoms. The number of benzene rings is 1. The molecule has 0 fully saturated rings. The number of nitrogens with two attached hydrogens (primary N) is 1. The van der Waals surface area contributed by atoms with Gasteiger partial charge in [0.05, 0.1) is 11.4 Å². The number of rotatable bonds is 8. The zero-order valence-electron chi connectivity index (χ0n) is 14.3. The Labute approximate surface area is 139 Å². The van der Waals surface area contributed by atoms with E-state index in [-0.39, 0.29) is 17.3 Å². The lowest BCUT2D eigenvalue weighted by Gasteiger charge is -2.20. The number of nitrogens with one attached hydrogen (secondary N) is 1. The highest BCUT2D eigenvalue weighted by Crippen LogP contribution is 2.23. The summed E-state index contributed by atoms with van der Waals surface area (Å²) < 4.78 is 23.1. The highest BCUT2D eigenvalue weighted by molar-refractivity contribution is 7.89. The van der Waals surface area contributed by atoms with Gasteiger partial charge in [0.2, 0.25) is 15.9 Å². The minimum absolute atomic E-state index is 0.00855. The zero-order valence-corrected chi connectivity index (χ0v) is 15.2. The van der Waals surface area contributed by atoms with Crippen molar-refractivity contribution in [3.8, 4) is 0 Å².